The van der Waals surface area contributed by atoms with E-state index >= 15 is 0 Å². The first-order valence-corrected chi connectivity index (χ1v) is 16.6. The van der Waals surface area contributed by atoms with Gasteiger partial charge in [-0.15, -0.1) is 0 Å². The number of hydrogen-bond acceptors (Lipinski definition) is 16. The summed E-state index contributed by atoms with van der Waals surface area (Å²) < 4.78 is 74.5. The summed E-state index contributed by atoms with van der Waals surface area (Å²) in [5.41, 5.74) is 0. The summed E-state index contributed by atoms with van der Waals surface area (Å²) in [6.45, 7) is 16.7. The van der Waals surface area contributed by atoms with Crippen LogP contribution in [-0.4, -0.2) is 184 Å². The maximum absolute atomic E-state index is 11.1. The predicted octanol–water partition coefficient (Wildman–Crippen LogP) is 0.868. The van der Waals surface area contributed by atoms with Crippen LogP contribution in [0.4, 0.5) is 0 Å². The van der Waals surface area contributed by atoms with Gasteiger partial charge in [0.2, 0.25) is 0 Å². The van der Waals surface area contributed by atoms with E-state index in [0.717, 1.165) is 6.08 Å². The molecule has 0 saturated heterocycles. The Morgan fingerprint density at radius 2 is 0.604 bits per heavy atom. The molecule has 0 aliphatic rings. The van der Waals surface area contributed by atoms with Gasteiger partial charge in [-0.2, -0.15) is 0 Å². The lowest BCUT2D eigenvalue weighted by atomic mass is 10.5. The number of esters is 2. The zero-order valence-electron chi connectivity index (χ0n) is 28.9. The summed E-state index contributed by atoms with van der Waals surface area (Å²) in [6, 6.07) is 0. The van der Waals surface area contributed by atoms with Crippen molar-refractivity contribution in [2.24, 2.45) is 0 Å². The quantitative estimate of drug-likeness (QED) is 0.0501. The lowest BCUT2D eigenvalue weighted by molar-refractivity contribution is -0.144. The summed E-state index contributed by atoms with van der Waals surface area (Å²) in [5, 5.41) is 0. The molecule has 0 rings (SSSR count). The Morgan fingerprint density at radius 3 is 0.833 bits per heavy atom. The van der Waals surface area contributed by atoms with Crippen LogP contribution in [0.5, 0.6) is 0 Å². The maximum Gasteiger partial charge on any atom is 0.330 e. The molecule has 0 bridgehead atoms. The van der Waals surface area contributed by atoms with E-state index in [1.165, 1.54) is 0 Å². The van der Waals surface area contributed by atoms with E-state index in [1.54, 1.807) is 6.92 Å². The van der Waals surface area contributed by atoms with E-state index in [2.05, 4.69) is 6.58 Å². The standard InChI is InChI=1S/C32H60O16/c1-3-31(33)48-30-29-46-28-27-45-26-25-44-24-23-43-22-21-42-20-19-41-18-17-40-16-15-39-14-13-38-12-11-37-10-9-36-8-7-35-6-5-32(34)47-4-2/h3H,1,4-30H2,2H3. The molecule has 48 heavy (non-hydrogen) atoms. The normalized spacial score (nSPS) is 11.2. The lowest BCUT2D eigenvalue weighted by Crippen LogP contribution is -2.15. The van der Waals surface area contributed by atoms with E-state index in [1.807, 2.05) is 0 Å². The molecule has 0 aliphatic heterocycles. The molecular weight excluding hydrogens is 640 g/mol. The molecule has 0 spiro atoms. The Hall–Kier alpha value is -1.80. The Kier molecular flexibility index (Phi) is 39.8. The van der Waals surface area contributed by atoms with Crippen LogP contribution >= 0.6 is 0 Å². The highest BCUT2D eigenvalue weighted by Crippen LogP contribution is 1.90. The van der Waals surface area contributed by atoms with Crippen molar-refractivity contribution in [1.82, 2.24) is 0 Å². The van der Waals surface area contributed by atoms with Crippen molar-refractivity contribution in [1.29, 1.82) is 0 Å². The van der Waals surface area contributed by atoms with Gasteiger partial charge in [-0.1, -0.05) is 6.58 Å². The molecule has 0 amide bonds. The van der Waals surface area contributed by atoms with E-state index in [-0.39, 0.29) is 19.0 Å². The summed E-state index contributed by atoms with van der Waals surface area (Å²) in [4.78, 5) is 22.0. The third-order valence-corrected chi connectivity index (χ3v) is 5.49. The zero-order chi connectivity index (χ0) is 34.9. The monoisotopic (exact) mass is 700 g/mol. The number of carbonyl (C=O) groups is 2. The van der Waals surface area contributed by atoms with Crippen molar-refractivity contribution in [2.75, 3.05) is 172 Å². The first kappa shape index (κ1) is 46.2. The van der Waals surface area contributed by atoms with Crippen LogP contribution in [0.15, 0.2) is 12.7 Å². The summed E-state index contributed by atoms with van der Waals surface area (Å²) in [5.74, 6) is -0.718. The van der Waals surface area contributed by atoms with E-state index in [9.17, 15) is 9.59 Å². The highest BCUT2D eigenvalue weighted by atomic mass is 16.6. The molecule has 0 atom stereocenters. The Bertz CT molecular complexity index is 685. The van der Waals surface area contributed by atoms with Crippen LogP contribution in [0.25, 0.3) is 0 Å². The van der Waals surface area contributed by atoms with Crippen LogP contribution in [0.3, 0.4) is 0 Å². The van der Waals surface area contributed by atoms with Crippen LogP contribution in [0, 0.1) is 0 Å². The number of ether oxygens (including phenoxy) is 14. The van der Waals surface area contributed by atoms with E-state index < -0.39 is 5.97 Å². The fraction of sp³-hybridized carbons (Fsp3) is 0.875. The minimum absolute atomic E-state index is 0.194. The molecule has 0 aromatic carbocycles. The molecule has 0 aliphatic carbocycles. The highest BCUT2D eigenvalue weighted by Gasteiger charge is 2.01. The highest BCUT2D eigenvalue weighted by molar-refractivity contribution is 5.81. The summed E-state index contributed by atoms with van der Waals surface area (Å²) in [7, 11) is 0. The first-order chi connectivity index (χ1) is 23.7. The maximum atomic E-state index is 11.1. The van der Waals surface area contributed by atoms with Crippen LogP contribution in [-0.2, 0) is 75.9 Å². The molecule has 0 aromatic rings. The molecule has 0 fully saturated rings. The fourth-order valence-corrected chi connectivity index (χ4v) is 3.17. The van der Waals surface area contributed by atoms with Gasteiger partial charge in [0.15, 0.2) is 0 Å². The van der Waals surface area contributed by atoms with Crippen LogP contribution in [0.2, 0.25) is 0 Å². The van der Waals surface area contributed by atoms with Crippen molar-refractivity contribution in [3.63, 3.8) is 0 Å². The second kappa shape index (κ2) is 41.4. The van der Waals surface area contributed by atoms with Crippen molar-refractivity contribution in [3.05, 3.63) is 12.7 Å². The molecule has 0 heterocycles. The average Bonchev–Trinajstić information content (AvgIpc) is 3.09. The minimum Gasteiger partial charge on any atom is -0.466 e. The van der Waals surface area contributed by atoms with Gasteiger partial charge in [-0.3, -0.25) is 4.79 Å². The van der Waals surface area contributed by atoms with E-state index in [4.69, 9.17) is 66.3 Å². The van der Waals surface area contributed by atoms with Crippen molar-refractivity contribution in [2.45, 2.75) is 13.3 Å². The fourth-order valence-electron chi connectivity index (χ4n) is 3.17. The molecule has 16 nitrogen and oxygen atoms in total. The number of hydrogen-bond donors (Lipinski definition) is 0. The zero-order valence-corrected chi connectivity index (χ0v) is 28.9. The van der Waals surface area contributed by atoms with Gasteiger partial charge >= 0.3 is 11.9 Å². The second-order valence-electron chi connectivity index (χ2n) is 9.28. The molecule has 0 saturated carbocycles. The topological polar surface area (TPSA) is 163 Å². The van der Waals surface area contributed by atoms with Crippen molar-refractivity contribution < 1.29 is 75.9 Å². The number of carbonyl (C=O) groups excluding carboxylic acids is 2. The Balaban J connectivity index is 3.07. The largest absolute Gasteiger partial charge is 0.466 e. The van der Waals surface area contributed by atoms with Gasteiger partial charge in [-0.25, -0.2) is 4.79 Å². The summed E-state index contributed by atoms with van der Waals surface area (Å²) >= 11 is 0. The average molecular weight is 701 g/mol. The molecular formula is C32H60O16. The third-order valence-electron chi connectivity index (χ3n) is 5.49. The van der Waals surface area contributed by atoms with Crippen molar-refractivity contribution in [3.8, 4) is 0 Å². The van der Waals surface area contributed by atoms with Gasteiger partial charge in [0.25, 0.3) is 0 Å². The van der Waals surface area contributed by atoms with Gasteiger partial charge < -0.3 is 66.3 Å². The molecule has 16 heteroatoms. The SMILES string of the molecule is C=CC(=O)OCCOCCOCCOCCOCCOCCOCCOCCOCCOCCOCCOCCOCCC(=O)OCC. The smallest absolute Gasteiger partial charge is 0.330 e. The molecule has 0 aromatic heterocycles. The summed E-state index contributed by atoms with van der Waals surface area (Å²) in [6.07, 6.45) is 1.36. The third kappa shape index (κ3) is 40.4. The Labute approximate surface area is 285 Å². The molecule has 0 radical (unpaired) electrons. The minimum atomic E-state index is -0.463. The van der Waals surface area contributed by atoms with Crippen LogP contribution < -0.4 is 0 Å². The molecule has 0 N–H and O–H groups in total. The van der Waals surface area contributed by atoms with Crippen molar-refractivity contribution >= 4 is 11.9 Å². The first-order valence-electron chi connectivity index (χ1n) is 16.6. The number of rotatable bonds is 41. The second-order valence-corrected chi connectivity index (χ2v) is 9.28. The van der Waals surface area contributed by atoms with E-state index in [0.29, 0.717) is 165 Å². The molecule has 0 unspecified atom stereocenters. The van der Waals surface area contributed by atoms with Crippen LogP contribution in [0.1, 0.15) is 13.3 Å². The lowest BCUT2D eigenvalue weighted by Gasteiger charge is -2.09. The van der Waals surface area contributed by atoms with Gasteiger partial charge in [0.05, 0.1) is 172 Å². The van der Waals surface area contributed by atoms with Gasteiger partial charge in [-0.05, 0) is 6.92 Å². The van der Waals surface area contributed by atoms with Gasteiger partial charge in [0, 0.05) is 6.08 Å². The molecule has 284 valence electrons. The predicted molar refractivity (Wildman–Crippen MR) is 172 cm³/mol. The Morgan fingerprint density at radius 1 is 0.375 bits per heavy atom. The van der Waals surface area contributed by atoms with Gasteiger partial charge in [0.1, 0.15) is 6.61 Å².